The fourth-order valence-corrected chi connectivity index (χ4v) is 2.13. The van der Waals surface area contributed by atoms with Crippen LogP contribution in [0.2, 0.25) is 0 Å². The third kappa shape index (κ3) is 3.21. The Morgan fingerprint density at radius 2 is 2.04 bits per heavy atom. The van der Waals surface area contributed by atoms with Crippen LogP contribution in [0.15, 0.2) is 59.1 Å². The van der Waals surface area contributed by atoms with E-state index in [0.29, 0.717) is 22.6 Å². The van der Waals surface area contributed by atoms with Crippen molar-refractivity contribution in [3.8, 4) is 11.3 Å². The fourth-order valence-electron chi connectivity index (χ4n) is 2.13. The maximum absolute atomic E-state index is 13.2. The third-order valence-electron chi connectivity index (χ3n) is 3.18. The number of esters is 1. The molecule has 0 amide bonds. The summed E-state index contributed by atoms with van der Waals surface area (Å²) in [6, 6.07) is 13.0. The summed E-state index contributed by atoms with van der Waals surface area (Å²) in [5.74, 6) is -0.417. The summed E-state index contributed by atoms with van der Waals surface area (Å²) in [5, 5.41) is 2.86. The van der Waals surface area contributed by atoms with Crippen molar-refractivity contribution in [3.05, 3.63) is 66.1 Å². The number of hydrogen-bond donors (Lipinski definition) is 1. The molecule has 1 heterocycles. The molecule has 23 heavy (non-hydrogen) atoms. The minimum atomic E-state index is -0.461. The Hall–Kier alpha value is -3.15. The average molecular weight is 312 g/mol. The Bertz CT molecular complexity index is 845. The molecule has 3 aromatic rings. The molecule has 0 aliphatic carbocycles. The van der Waals surface area contributed by atoms with Gasteiger partial charge in [0.15, 0.2) is 5.76 Å². The van der Waals surface area contributed by atoms with Gasteiger partial charge in [-0.3, -0.25) is 0 Å². The lowest BCUT2D eigenvalue weighted by atomic mass is 10.1. The van der Waals surface area contributed by atoms with Gasteiger partial charge in [-0.15, -0.1) is 0 Å². The fraction of sp³-hybridized carbons (Fsp3) is 0.0588. The summed E-state index contributed by atoms with van der Waals surface area (Å²) in [4.78, 5) is 15.9. The predicted molar refractivity (Wildman–Crippen MR) is 83.0 cm³/mol. The van der Waals surface area contributed by atoms with Gasteiger partial charge in [-0.1, -0.05) is 24.3 Å². The zero-order chi connectivity index (χ0) is 16.2. The first-order valence-electron chi connectivity index (χ1n) is 6.83. The molecular weight excluding hydrogens is 299 g/mol. The second-order valence-corrected chi connectivity index (χ2v) is 4.70. The van der Waals surface area contributed by atoms with Crippen molar-refractivity contribution >= 4 is 17.7 Å². The predicted octanol–water partition coefficient (Wildman–Crippen LogP) is 4.01. The molecule has 0 saturated carbocycles. The van der Waals surface area contributed by atoms with Crippen LogP contribution in [0, 0.1) is 5.82 Å². The van der Waals surface area contributed by atoms with Gasteiger partial charge in [0.2, 0.25) is 0 Å². The molecule has 0 aliphatic rings. The number of oxazole rings is 1. The SMILES string of the molecule is COC(=O)c1ccccc1-c1cnc(Nc2cccc(F)c2)o1. The summed E-state index contributed by atoms with van der Waals surface area (Å²) in [5.41, 5.74) is 1.46. The minimum Gasteiger partial charge on any atom is -0.465 e. The Morgan fingerprint density at radius 3 is 2.83 bits per heavy atom. The molecular formula is C17H13FN2O3. The molecule has 3 rings (SSSR count). The molecule has 1 aromatic heterocycles. The average Bonchev–Trinajstić information content (AvgIpc) is 3.02. The summed E-state index contributed by atoms with van der Waals surface area (Å²) >= 11 is 0. The summed E-state index contributed by atoms with van der Waals surface area (Å²) in [6.45, 7) is 0. The molecule has 1 N–H and O–H groups in total. The molecule has 0 radical (unpaired) electrons. The molecule has 0 aliphatic heterocycles. The van der Waals surface area contributed by atoms with E-state index in [1.807, 2.05) is 0 Å². The number of nitrogens with zero attached hydrogens (tertiary/aromatic N) is 1. The summed E-state index contributed by atoms with van der Waals surface area (Å²) in [6.07, 6.45) is 1.49. The van der Waals surface area contributed by atoms with E-state index in [9.17, 15) is 9.18 Å². The van der Waals surface area contributed by atoms with Crippen LogP contribution in [0.3, 0.4) is 0 Å². The van der Waals surface area contributed by atoms with E-state index in [0.717, 1.165) is 0 Å². The van der Waals surface area contributed by atoms with Gasteiger partial charge in [-0.25, -0.2) is 14.2 Å². The molecule has 0 bridgehead atoms. The molecule has 0 saturated heterocycles. The number of carbonyl (C=O) groups excluding carboxylic acids is 1. The highest BCUT2D eigenvalue weighted by molar-refractivity contribution is 5.96. The molecule has 0 fully saturated rings. The van der Waals surface area contributed by atoms with Crippen LogP contribution >= 0.6 is 0 Å². The number of anilines is 2. The van der Waals surface area contributed by atoms with E-state index in [-0.39, 0.29) is 11.8 Å². The van der Waals surface area contributed by atoms with Crippen molar-refractivity contribution in [3.63, 3.8) is 0 Å². The topological polar surface area (TPSA) is 64.4 Å². The highest BCUT2D eigenvalue weighted by Gasteiger charge is 2.16. The maximum atomic E-state index is 13.2. The van der Waals surface area contributed by atoms with Crippen molar-refractivity contribution in [2.24, 2.45) is 0 Å². The molecule has 0 atom stereocenters. The number of methoxy groups -OCH3 is 1. The highest BCUT2D eigenvalue weighted by atomic mass is 19.1. The quantitative estimate of drug-likeness (QED) is 0.737. The van der Waals surface area contributed by atoms with Crippen LogP contribution < -0.4 is 5.32 Å². The zero-order valence-electron chi connectivity index (χ0n) is 12.2. The number of aromatic nitrogens is 1. The molecule has 2 aromatic carbocycles. The molecule has 0 unspecified atom stereocenters. The monoisotopic (exact) mass is 312 g/mol. The van der Waals surface area contributed by atoms with Gasteiger partial charge in [0.05, 0.1) is 18.9 Å². The lowest BCUT2D eigenvalue weighted by molar-refractivity contribution is 0.0601. The minimum absolute atomic E-state index is 0.199. The van der Waals surface area contributed by atoms with Gasteiger partial charge >= 0.3 is 5.97 Å². The normalized spacial score (nSPS) is 10.3. The van der Waals surface area contributed by atoms with Gasteiger partial charge in [0, 0.05) is 11.3 Å². The molecule has 5 nitrogen and oxygen atoms in total. The Labute approximate surface area is 131 Å². The lowest BCUT2D eigenvalue weighted by Crippen LogP contribution is -2.02. The number of benzene rings is 2. The van der Waals surface area contributed by atoms with Gasteiger partial charge in [-0.05, 0) is 24.3 Å². The Morgan fingerprint density at radius 1 is 1.22 bits per heavy atom. The van der Waals surface area contributed by atoms with Gasteiger partial charge in [0.25, 0.3) is 6.01 Å². The number of hydrogen-bond acceptors (Lipinski definition) is 5. The number of halogens is 1. The van der Waals surface area contributed by atoms with E-state index >= 15 is 0 Å². The smallest absolute Gasteiger partial charge is 0.338 e. The van der Waals surface area contributed by atoms with Crippen LogP contribution in [0.5, 0.6) is 0 Å². The number of carbonyl (C=O) groups is 1. The summed E-state index contributed by atoms with van der Waals surface area (Å²) in [7, 11) is 1.32. The Kier molecular flexibility index (Phi) is 4.05. The Balaban J connectivity index is 1.89. The van der Waals surface area contributed by atoms with Crippen molar-refractivity contribution in [1.29, 1.82) is 0 Å². The van der Waals surface area contributed by atoms with Crippen LogP contribution in [0.1, 0.15) is 10.4 Å². The second-order valence-electron chi connectivity index (χ2n) is 4.70. The molecule has 116 valence electrons. The van der Waals surface area contributed by atoms with Gasteiger partial charge in [-0.2, -0.15) is 0 Å². The van der Waals surface area contributed by atoms with Crippen LogP contribution in [0.25, 0.3) is 11.3 Å². The number of ether oxygens (including phenoxy) is 1. The first-order chi connectivity index (χ1) is 11.2. The van der Waals surface area contributed by atoms with Crippen molar-refractivity contribution in [2.45, 2.75) is 0 Å². The zero-order valence-corrected chi connectivity index (χ0v) is 12.2. The molecule has 0 spiro atoms. The van der Waals surface area contributed by atoms with Crippen molar-refractivity contribution in [2.75, 3.05) is 12.4 Å². The number of nitrogens with one attached hydrogen (secondary N) is 1. The largest absolute Gasteiger partial charge is 0.465 e. The van der Waals surface area contributed by atoms with Crippen LogP contribution in [-0.2, 0) is 4.74 Å². The first-order valence-corrected chi connectivity index (χ1v) is 6.83. The number of rotatable bonds is 4. The van der Waals surface area contributed by atoms with Gasteiger partial charge < -0.3 is 14.5 Å². The van der Waals surface area contributed by atoms with E-state index in [4.69, 9.17) is 9.15 Å². The van der Waals surface area contributed by atoms with Gasteiger partial charge in [0.1, 0.15) is 5.82 Å². The van der Waals surface area contributed by atoms with E-state index in [1.54, 1.807) is 36.4 Å². The van der Waals surface area contributed by atoms with Crippen LogP contribution in [-0.4, -0.2) is 18.1 Å². The second kappa shape index (κ2) is 6.31. The van der Waals surface area contributed by atoms with Crippen molar-refractivity contribution in [1.82, 2.24) is 4.98 Å². The first kappa shape index (κ1) is 14.8. The summed E-state index contributed by atoms with van der Waals surface area (Å²) < 4.78 is 23.5. The van der Waals surface area contributed by atoms with Crippen molar-refractivity contribution < 1.29 is 18.3 Å². The van der Waals surface area contributed by atoms with Crippen LogP contribution in [0.4, 0.5) is 16.1 Å². The standard InChI is InChI=1S/C17H13FN2O3/c1-22-16(21)14-8-3-2-7-13(14)15-10-19-17(23-15)20-12-6-4-5-11(18)9-12/h2-10H,1H3,(H,19,20). The highest BCUT2D eigenvalue weighted by Crippen LogP contribution is 2.27. The maximum Gasteiger partial charge on any atom is 0.338 e. The van der Waals surface area contributed by atoms with E-state index in [2.05, 4.69) is 10.3 Å². The van der Waals surface area contributed by atoms with E-state index < -0.39 is 5.97 Å². The van der Waals surface area contributed by atoms with E-state index in [1.165, 1.54) is 25.4 Å². The third-order valence-corrected chi connectivity index (χ3v) is 3.18. The lowest BCUT2D eigenvalue weighted by Gasteiger charge is -2.05. The molecule has 6 heteroatoms.